The van der Waals surface area contributed by atoms with Crippen LogP contribution in [-0.4, -0.2) is 52.6 Å². The number of hydrogen-bond donors (Lipinski definition) is 4. The Hall–Kier alpha value is -3.68. The third-order valence-corrected chi connectivity index (χ3v) is 3.75. The van der Waals surface area contributed by atoms with Crippen molar-refractivity contribution >= 4 is 23.5 Å². The summed E-state index contributed by atoms with van der Waals surface area (Å²) >= 11 is 0. The molecule has 0 saturated carbocycles. The van der Waals surface area contributed by atoms with Crippen LogP contribution in [0.5, 0.6) is 0 Å². The summed E-state index contributed by atoms with van der Waals surface area (Å²) in [6.07, 6.45) is 2.95. The summed E-state index contributed by atoms with van der Waals surface area (Å²) < 4.78 is 0. The van der Waals surface area contributed by atoms with Gasteiger partial charge < -0.3 is 20.8 Å². The Morgan fingerprint density at radius 3 is 2.46 bits per heavy atom. The van der Waals surface area contributed by atoms with Crippen molar-refractivity contribution < 1.29 is 19.8 Å². The lowest BCUT2D eigenvalue weighted by atomic mass is 10.0. The minimum Gasteiger partial charge on any atom is -0.478 e. The number of benzene rings is 1. The largest absolute Gasteiger partial charge is 0.478 e. The van der Waals surface area contributed by atoms with Crippen molar-refractivity contribution in [3.63, 3.8) is 0 Å². The highest BCUT2D eigenvalue weighted by Crippen LogP contribution is 2.28. The maximum Gasteiger partial charge on any atom is 0.328 e. The van der Waals surface area contributed by atoms with E-state index in [4.69, 9.17) is 10.2 Å². The van der Waals surface area contributed by atoms with Crippen molar-refractivity contribution in [3.8, 4) is 11.3 Å². The van der Waals surface area contributed by atoms with Gasteiger partial charge in [0.2, 0.25) is 0 Å². The number of nitrogens with one attached hydrogen (secondary N) is 2. The molecular formula is C20H22N4O4. The number of para-hydroxylation sites is 1. The van der Waals surface area contributed by atoms with Crippen molar-refractivity contribution in [1.82, 2.24) is 10.3 Å². The molecular weight excluding hydrogens is 360 g/mol. The number of aliphatic imine (C=N–C) groups is 1. The van der Waals surface area contributed by atoms with E-state index in [0.717, 1.165) is 42.4 Å². The molecule has 4 N–H and O–H groups in total. The van der Waals surface area contributed by atoms with E-state index in [9.17, 15) is 9.59 Å². The number of carboxylic acid groups (broad SMARTS) is 2. The van der Waals surface area contributed by atoms with Crippen molar-refractivity contribution in [3.05, 3.63) is 60.3 Å². The molecule has 1 aliphatic heterocycles. The Labute approximate surface area is 162 Å². The summed E-state index contributed by atoms with van der Waals surface area (Å²) in [5.41, 5.74) is 4.42. The summed E-state index contributed by atoms with van der Waals surface area (Å²) in [6.45, 7) is 4.63. The third kappa shape index (κ3) is 6.56. The first-order valence-electron chi connectivity index (χ1n) is 8.63. The molecule has 28 heavy (non-hydrogen) atoms. The second-order valence-electron chi connectivity index (χ2n) is 5.83. The molecule has 8 heteroatoms. The molecule has 2 aromatic rings. The fourth-order valence-electron chi connectivity index (χ4n) is 2.50. The van der Waals surface area contributed by atoms with Crippen LogP contribution in [0.3, 0.4) is 0 Å². The van der Waals surface area contributed by atoms with E-state index in [0.29, 0.717) is 12.2 Å². The average molecular weight is 382 g/mol. The standard InChI is InChI=1S/C16H18N4.C4H4O4/c1-12-5-4-8-19-16(12)13-6-2-3-7-14(13)20-11-15-17-9-10-18-15;5-3(6)1-2-4(7)8/h2-8,20H,9-11H2,1H3,(H,17,18);1-2H,(H,5,6)(H,7,8). The molecule has 0 atom stereocenters. The number of carbonyl (C=O) groups is 2. The smallest absolute Gasteiger partial charge is 0.328 e. The molecule has 146 valence electrons. The molecule has 1 aromatic heterocycles. The maximum atomic E-state index is 9.55. The first-order chi connectivity index (χ1) is 13.5. The monoisotopic (exact) mass is 382 g/mol. The van der Waals surface area contributed by atoms with Crippen molar-refractivity contribution in [1.29, 1.82) is 0 Å². The number of rotatable bonds is 6. The molecule has 1 aliphatic rings. The molecule has 0 aliphatic carbocycles. The topological polar surface area (TPSA) is 124 Å². The Bertz CT molecular complexity index is 877. The fourth-order valence-corrected chi connectivity index (χ4v) is 2.50. The molecule has 8 nitrogen and oxygen atoms in total. The highest BCUT2D eigenvalue weighted by molar-refractivity contribution is 5.90. The summed E-state index contributed by atoms with van der Waals surface area (Å²) in [5, 5.41) is 22.3. The molecule has 0 saturated heterocycles. The van der Waals surface area contributed by atoms with Gasteiger partial charge in [0, 0.05) is 36.1 Å². The summed E-state index contributed by atoms with van der Waals surface area (Å²) in [6, 6.07) is 12.3. The number of hydrogen-bond acceptors (Lipinski definition) is 6. The number of nitrogens with zero attached hydrogens (tertiary/aromatic N) is 2. The van der Waals surface area contributed by atoms with Crippen LogP contribution in [0.1, 0.15) is 5.56 Å². The first kappa shape index (κ1) is 20.6. The predicted octanol–water partition coefficient (Wildman–Crippen LogP) is 2.18. The minimum absolute atomic E-state index is 0.558. The van der Waals surface area contributed by atoms with Crippen LogP contribution in [-0.2, 0) is 9.59 Å². The number of aryl methyl sites for hydroxylation is 1. The zero-order valence-electron chi connectivity index (χ0n) is 15.4. The van der Waals surface area contributed by atoms with Gasteiger partial charge in [-0.15, -0.1) is 0 Å². The molecule has 1 aromatic carbocycles. The van der Waals surface area contributed by atoms with Crippen molar-refractivity contribution in [2.24, 2.45) is 4.99 Å². The van der Waals surface area contributed by atoms with Crippen LogP contribution < -0.4 is 10.6 Å². The number of aromatic nitrogens is 1. The molecule has 0 fully saturated rings. The van der Waals surface area contributed by atoms with E-state index in [1.807, 2.05) is 24.4 Å². The van der Waals surface area contributed by atoms with Gasteiger partial charge in [0.15, 0.2) is 0 Å². The van der Waals surface area contributed by atoms with Gasteiger partial charge in [0.05, 0.1) is 18.8 Å². The number of aliphatic carboxylic acids is 2. The molecule has 0 unspecified atom stereocenters. The Kier molecular flexibility index (Phi) is 7.71. The zero-order valence-corrected chi connectivity index (χ0v) is 15.4. The molecule has 0 radical (unpaired) electrons. The van der Waals surface area contributed by atoms with Crippen LogP contribution in [0.15, 0.2) is 59.7 Å². The average Bonchev–Trinajstić information content (AvgIpc) is 3.20. The maximum absolute atomic E-state index is 9.55. The summed E-state index contributed by atoms with van der Waals surface area (Å²) in [5.74, 6) is -1.49. The van der Waals surface area contributed by atoms with Gasteiger partial charge in [-0.2, -0.15) is 0 Å². The first-order valence-corrected chi connectivity index (χ1v) is 8.63. The van der Waals surface area contributed by atoms with E-state index < -0.39 is 11.9 Å². The predicted molar refractivity (Wildman–Crippen MR) is 108 cm³/mol. The van der Waals surface area contributed by atoms with E-state index in [1.54, 1.807) is 0 Å². The van der Waals surface area contributed by atoms with E-state index >= 15 is 0 Å². The number of anilines is 1. The Balaban J connectivity index is 0.000000300. The normalized spacial score (nSPS) is 12.5. The van der Waals surface area contributed by atoms with Gasteiger partial charge in [-0.05, 0) is 24.6 Å². The van der Waals surface area contributed by atoms with E-state index in [1.165, 1.54) is 5.56 Å². The fraction of sp³-hybridized carbons (Fsp3) is 0.200. The third-order valence-electron chi connectivity index (χ3n) is 3.75. The lowest BCUT2D eigenvalue weighted by molar-refractivity contribution is -0.134. The zero-order chi connectivity index (χ0) is 20.4. The van der Waals surface area contributed by atoms with E-state index in [2.05, 4.69) is 45.7 Å². The molecule has 2 heterocycles. The number of carboxylic acids is 2. The van der Waals surface area contributed by atoms with Crippen LogP contribution >= 0.6 is 0 Å². The second-order valence-corrected chi connectivity index (χ2v) is 5.83. The van der Waals surface area contributed by atoms with Crippen LogP contribution in [0.4, 0.5) is 5.69 Å². The lowest BCUT2D eigenvalue weighted by Crippen LogP contribution is -2.26. The minimum atomic E-state index is -1.26. The molecule has 0 bridgehead atoms. The SMILES string of the molecule is Cc1cccnc1-c1ccccc1NCC1=NCCN1.O=C(O)C=CC(=O)O. The molecule has 0 spiro atoms. The molecule has 0 amide bonds. The molecule has 3 rings (SSSR count). The van der Waals surface area contributed by atoms with Gasteiger partial charge in [-0.25, -0.2) is 9.59 Å². The number of amidine groups is 1. The van der Waals surface area contributed by atoms with Gasteiger partial charge in [0.25, 0.3) is 0 Å². The van der Waals surface area contributed by atoms with Gasteiger partial charge in [-0.1, -0.05) is 24.3 Å². The lowest BCUT2D eigenvalue weighted by Gasteiger charge is -2.13. The van der Waals surface area contributed by atoms with Crippen molar-refractivity contribution in [2.75, 3.05) is 25.0 Å². The second kappa shape index (κ2) is 10.5. The summed E-state index contributed by atoms with van der Waals surface area (Å²) in [7, 11) is 0. The van der Waals surface area contributed by atoms with Crippen LogP contribution in [0.25, 0.3) is 11.3 Å². The Morgan fingerprint density at radius 1 is 1.14 bits per heavy atom. The van der Waals surface area contributed by atoms with E-state index in [-0.39, 0.29) is 0 Å². The highest BCUT2D eigenvalue weighted by Gasteiger charge is 2.10. The number of pyridine rings is 1. The van der Waals surface area contributed by atoms with Gasteiger partial charge >= 0.3 is 11.9 Å². The van der Waals surface area contributed by atoms with Gasteiger partial charge in [-0.3, -0.25) is 9.98 Å². The van der Waals surface area contributed by atoms with Crippen molar-refractivity contribution in [2.45, 2.75) is 6.92 Å². The van der Waals surface area contributed by atoms with Crippen LogP contribution in [0, 0.1) is 6.92 Å². The summed E-state index contributed by atoms with van der Waals surface area (Å²) in [4.78, 5) is 28.0. The quantitative estimate of drug-likeness (QED) is 0.565. The van der Waals surface area contributed by atoms with Crippen LogP contribution in [0.2, 0.25) is 0 Å². The highest BCUT2D eigenvalue weighted by atomic mass is 16.4. The Morgan fingerprint density at radius 2 is 1.86 bits per heavy atom. The van der Waals surface area contributed by atoms with Gasteiger partial charge in [0.1, 0.15) is 5.84 Å².